The number of hydrogen-bond donors (Lipinski definition) is 3. The second-order valence-electron chi connectivity index (χ2n) is 19.9. The fourth-order valence-corrected chi connectivity index (χ4v) is 8.63. The van der Waals surface area contributed by atoms with Gasteiger partial charge in [0.05, 0.1) is 39.9 Å². The number of unbranched alkanes of at least 4 members (excludes halogenated alkanes) is 31. The van der Waals surface area contributed by atoms with Crippen molar-refractivity contribution in [3.63, 3.8) is 0 Å². The smallest absolute Gasteiger partial charge is 0.387 e. The van der Waals surface area contributed by atoms with Crippen molar-refractivity contribution in [3.8, 4) is 0 Å². The number of amides is 1. The van der Waals surface area contributed by atoms with Gasteiger partial charge in [0.25, 0.3) is 0 Å². The van der Waals surface area contributed by atoms with Crippen molar-refractivity contribution in [1.29, 1.82) is 0 Å². The maximum absolute atomic E-state index is 13.0. The fraction of sp³-hybridized carbons (Fsp3) is 0.839. The average Bonchev–Trinajstić information content (AvgIpc) is 3.26. The van der Waals surface area contributed by atoms with Gasteiger partial charge < -0.3 is 19.8 Å². The Morgan fingerprint density at radius 1 is 0.508 bits per heavy atom. The molecular weight excluding hydrogens is 828 g/mol. The van der Waals surface area contributed by atoms with Gasteiger partial charge in [-0.1, -0.05) is 223 Å². The van der Waals surface area contributed by atoms with Gasteiger partial charge in [-0.2, -0.15) is 0 Å². The molecule has 3 N–H and O–H groups in total. The predicted molar refractivity (Wildman–Crippen MR) is 281 cm³/mol. The normalized spacial score (nSPS) is 14.4. The Kier molecular flexibility index (Phi) is 46.4. The van der Waals surface area contributed by atoms with Crippen molar-refractivity contribution >= 4 is 13.7 Å². The van der Waals surface area contributed by atoms with E-state index in [1.807, 2.05) is 27.2 Å². The van der Waals surface area contributed by atoms with E-state index in [2.05, 4.69) is 55.6 Å². The number of nitrogens with zero attached hydrogens (tertiary/aromatic N) is 1. The number of aliphatic hydroxyl groups excluding tert-OH is 1. The minimum Gasteiger partial charge on any atom is -0.387 e. The highest BCUT2D eigenvalue weighted by molar-refractivity contribution is 7.47. The van der Waals surface area contributed by atoms with E-state index >= 15 is 0 Å². The highest BCUT2D eigenvalue weighted by Crippen LogP contribution is 2.43. The number of phosphoric acid groups is 1. The molecule has 0 aliphatic rings. The maximum Gasteiger partial charge on any atom is 0.472 e. The molecule has 0 saturated heterocycles. The zero-order valence-electron chi connectivity index (χ0n) is 43.5. The van der Waals surface area contributed by atoms with Gasteiger partial charge in [-0.3, -0.25) is 13.8 Å². The van der Waals surface area contributed by atoms with Gasteiger partial charge in [0.1, 0.15) is 13.2 Å². The first-order chi connectivity index (χ1) is 31.5. The van der Waals surface area contributed by atoms with E-state index in [9.17, 15) is 19.4 Å². The average molecular weight is 936 g/mol. The van der Waals surface area contributed by atoms with Crippen LogP contribution in [0.15, 0.2) is 48.6 Å². The van der Waals surface area contributed by atoms with E-state index in [-0.39, 0.29) is 19.1 Å². The van der Waals surface area contributed by atoms with Crippen LogP contribution in [0.5, 0.6) is 0 Å². The molecule has 0 radical (unpaired) electrons. The third-order valence-electron chi connectivity index (χ3n) is 12.2. The molecule has 0 rings (SSSR count). The molecular formula is C56H108N2O6P+. The summed E-state index contributed by atoms with van der Waals surface area (Å²) in [7, 11) is 1.55. The van der Waals surface area contributed by atoms with E-state index in [0.717, 1.165) is 44.9 Å². The van der Waals surface area contributed by atoms with Crippen LogP contribution in [-0.2, 0) is 18.4 Å². The third-order valence-corrected chi connectivity index (χ3v) is 13.2. The fourth-order valence-electron chi connectivity index (χ4n) is 7.89. The monoisotopic (exact) mass is 936 g/mol. The lowest BCUT2D eigenvalue weighted by Gasteiger charge is -2.25. The maximum atomic E-state index is 13.0. The summed E-state index contributed by atoms with van der Waals surface area (Å²) < 4.78 is 23.7. The zero-order valence-corrected chi connectivity index (χ0v) is 44.4. The van der Waals surface area contributed by atoms with Crippen LogP contribution >= 0.6 is 7.82 Å². The van der Waals surface area contributed by atoms with Crippen molar-refractivity contribution < 1.29 is 32.9 Å². The van der Waals surface area contributed by atoms with Gasteiger partial charge in [0.15, 0.2) is 0 Å². The van der Waals surface area contributed by atoms with E-state index in [1.165, 1.54) is 186 Å². The molecule has 65 heavy (non-hydrogen) atoms. The molecule has 0 fully saturated rings. The Labute approximate surface area is 403 Å². The van der Waals surface area contributed by atoms with Gasteiger partial charge in [0.2, 0.25) is 5.91 Å². The molecule has 0 aromatic carbocycles. The minimum absolute atomic E-state index is 0.0531. The largest absolute Gasteiger partial charge is 0.472 e. The summed E-state index contributed by atoms with van der Waals surface area (Å²) in [6, 6.07) is -0.870. The van der Waals surface area contributed by atoms with Gasteiger partial charge in [0, 0.05) is 6.42 Å². The van der Waals surface area contributed by atoms with Gasteiger partial charge >= 0.3 is 7.82 Å². The number of likely N-dealkylation sites (N-methyl/N-ethyl adjacent to an activating group) is 1. The van der Waals surface area contributed by atoms with Crippen LogP contribution in [0, 0.1) is 0 Å². The molecule has 1 amide bonds. The highest BCUT2D eigenvalue weighted by Gasteiger charge is 2.27. The molecule has 3 atom stereocenters. The van der Waals surface area contributed by atoms with Crippen molar-refractivity contribution in [3.05, 3.63) is 48.6 Å². The standard InChI is InChI=1S/C56H107N2O6P/c1-6-8-10-12-14-16-18-20-22-24-26-28-29-30-32-34-36-38-40-42-44-46-48-50-56(60)57-54(53-64-65(61,62)63-52-51-58(3,4)5)55(59)49-47-45-43-41-39-37-35-33-31-27-25-23-21-19-17-15-13-11-9-7-2/h24,26,31,33,39,41,47,49,54-55,59H,6-23,25,27-30,32,34-38,40,42-46,48,50-53H2,1-5H3,(H-,57,60,61,62)/p+1/b26-24-,33-31+,41-39+,49-47+. The second-order valence-corrected chi connectivity index (χ2v) is 21.4. The quantitative estimate of drug-likeness (QED) is 0.0243. The Morgan fingerprint density at radius 2 is 0.846 bits per heavy atom. The van der Waals surface area contributed by atoms with Crippen molar-refractivity contribution in [2.45, 2.75) is 264 Å². The first kappa shape index (κ1) is 63.5. The zero-order chi connectivity index (χ0) is 47.8. The molecule has 3 unspecified atom stereocenters. The first-order valence-electron chi connectivity index (χ1n) is 27.5. The molecule has 8 nitrogen and oxygen atoms in total. The second kappa shape index (κ2) is 47.5. The molecule has 0 heterocycles. The third kappa shape index (κ3) is 50.2. The lowest BCUT2D eigenvalue weighted by Crippen LogP contribution is -2.45. The van der Waals surface area contributed by atoms with E-state index in [0.29, 0.717) is 17.4 Å². The van der Waals surface area contributed by atoms with Crippen molar-refractivity contribution in [2.75, 3.05) is 40.9 Å². The van der Waals surface area contributed by atoms with Crippen LogP contribution < -0.4 is 5.32 Å². The number of quaternary nitrogens is 1. The lowest BCUT2D eigenvalue weighted by atomic mass is 10.0. The van der Waals surface area contributed by atoms with Crippen LogP contribution in [-0.4, -0.2) is 73.4 Å². The minimum atomic E-state index is -4.36. The van der Waals surface area contributed by atoms with Crippen LogP contribution in [0.3, 0.4) is 0 Å². The van der Waals surface area contributed by atoms with Crippen LogP contribution in [0.25, 0.3) is 0 Å². The summed E-state index contributed by atoms with van der Waals surface area (Å²) in [5.74, 6) is -0.191. The summed E-state index contributed by atoms with van der Waals surface area (Å²) in [5, 5.41) is 13.9. The molecule has 0 aliphatic carbocycles. The molecule has 0 aromatic rings. The molecule has 0 aliphatic heterocycles. The SMILES string of the molecule is CCCCCCCCCC/C=C\CCCCCCCCCCCCCC(=O)NC(COP(=O)(O)OCC[N+](C)(C)C)C(O)/C=C/CC/C=C/CC/C=C/CCCCCCCCCCCC. The van der Waals surface area contributed by atoms with Crippen molar-refractivity contribution in [2.24, 2.45) is 0 Å². The summed E-state index contributed by atoms with van der Waals surface area (Å²) in [6.45, 7) is 4.80. The van der Waals surface area contributed by atoms with Crippen LogP contribution in [0.4, 0.5) is 0 Å². The number of nitrogens with one attached hydrogen (secondary N) is 1. The Morgan fingerprint density at radius 3 is 1.23 bits per heavy atom. The summed E-state index contributed by atoms with van der Waals surface area (Å²) in [6.07, 6.45) is 62.0. The Bertz CT molecular complexity index is 1200. The van der Waals surface area contributed by atoms with E-state index in [1.54, 1.807) is 6.08 Å². The Hall–Kier alpha value is -1.54. The Balaban J connectivity index is 4.31. The predicted octanol–water partition coefficient (Wildman–Crippen LogP) is 16.4. The number of carbonyl (C=O) groups excluding carboxylic acids is 1. The van der Waals surface area contributed by atoms with Gasteiger partial charge in [-0.15, -0.1) is 0 Å². The number of aliphatic hydroxyl groups is 1. The summed E-state index contributed by atoms with van der Waals surface area (Å²) in [4.78, 5) is 23.3. The molecule has 0 aromatic heterocycles. The van der Waals surface area contributed by atoms with Crippen molar-refractivity contribution in [1.82, 2.24) is 5.32 Å². The summed E-state index contributed by atoms with van der Waals surface area (Å²) >= 11 is 0. The topological polar surface area (TPSA) is 105 Å². The molecule has 9 heteroatoms. The molecule has 0 spiro atoms. The van der Waals surface area contributed by atoms with E-state index in [4.69, 9.17) is 9.05 Å². The molecule has 0 bridgehead atoms. The van der Waals surface area contributed by atoms with Gasteiger partial charge in [-0.05, 0) is 70.6 Å². The lowest BCUT2D eigenvalue weighted by molar-refractivity contribution is -0.870. The van der Waals surface area contributed by atoms with E-state index < -0.39 is 20.0 Å². The van der Waals surface area contributed by atoms with Crippen LogP contribution in [0.2, 0.25) is 0 Å². The number of phosphoric ester groups is 1. The van der Waals surface area contributed by atoms with Gasteiger partial charge in [-0.25, -0.2) is 4.57 Å². The molecule has 0 saturated carbocycles. The highest BCUT2D eigenvalue weighted by atomic mass is 31.2. The number of allylic oxidation sites excluding steroid dienone is 7. The number of rotatable bonds is 50. The summed E-state index contributed by atoms with van der Waals surface area (Å²) in [5.41, 5.74) is 0. The van der Waals surface area contributed by atoms with Crippen LogP contribution in [0.1, 0.15) is 251 Å². The first-order valence-corrected chi connectivity index (χ1v) is 29.0. The molecule has 382 valence electrons. The number of carbonyl (C=O) groups is 1. The number of hydrogen-bond acceptors (Lipinski definition) is 5.